The second-order valence-corrected chi connectivity index (χ2v) is 10.8. The molecule has 5 rings (SSSR count). The summed E-state index contributed by atoms with van der Waals surface area (Å²) in [7, 11) is 0. The van der Waals surface area contributed by atoms with E-state index in [0.717, 1.165) is 33.7 Å². The lowest BCUT2D eigenvalue weighted by molar-refractivity contribution is -0.114. The Labute approximate surface area is 215 Å². The van der Waals surface area contributed by atoms with Crippen molar-refractivity contribution in [3.63, 3.8) is 0 Å². The van der Waals surface area contributed by atoms with Gasteiger partial charge in [0.2, 0.25) is 5.17 Å². The summed E-state index contributed by atoms with van der Waals surface area (Å²) >= 11 is 1.35. The first-order valence-corrected chi connectivity index (χ1v) is 12.9. The molecule has 0 unspecified atom stereocenters. The van der Waals surface area contributed by atoms with Gasteiger partial charge in [0.15, 0.2) is 5.84 Å². The SMILES string of the molecule is CCC1=NN2C(=N)/C(=C\c3cn(CCOc4ccc(C(C)(C)C)cc4)c4ccccc34)C(=O)N=C2S1. The van der Waals surface area contributed by atoms with E-state index in [0.29, 0.717) is 18.3 Å². The third kappa shape index (κ3) is 4.60. The van der Waals surface area contributed by atoms with Crippen molar-refractivity contribution in [2.75, 3.05) is 6.61 Å². The highest BCUT2D eigenvalue weighted by Gasteiger charge is 2.35. The molecule has 2 aromatic carbocycles. The van der Waals surface area contributed by atoms with Crippen LogP contribution in [0.25, 0.3) is 17.0 Å². The minimum Gasteiger partial charge on any atom is -0.492 e. The molecule has 0 fully saturated rings. The maximum atomic E-state index is 12.8. The average Bonchev–Trinajstić information content (AvgIpc) is 3.43. The predicted octanol–water partition coefficient (Wildman–Crippen LogP) is 6.05. The van der Waals surface area contributed by atoms with Crippen molar-refractivity contribution in [2.45, 2.75) is 46.1 Å². The first-order valence-electron chi connectivity index (χ1n) is 12.0. The van der Waals surface area contributed by atoms with E-state index in [4.69, 9.17) is 10.1 Å². The minimum absolute atomic E-state index is 0.0554. The fraction of sp³-hybridized carbons (Fsp3) is 0.286. The van der Waals surface area contributed by atoms with E-state index in [9.17, 15) is 4.79 Å². The molecule has 1 aromatic heterocycles. The molecule has 36 heavy (non-hydrogen) atoms. The van der Waals surface area contributed by atoms with Crippen molar-refractivity contribution < 1.29 is 9.53 Å². The van der Waals surface area contributed by atoms with E-state index < -0.39 is 5.91 Å². The average molecular weight is 500 g/mol. The number of fused-ring (bicyclic) bond motifs is 2. The molecule has 0 spiro atoms. The largest absolute Gasteiger partial charge is 0.492 e. The van der Waals surface area contributed by atoms with Gasteiger partial charge in [0.05, 0.1) is 12.1 Å². The van der Waals surface area contributed by atoms with Gasteiger partial charge in [0.25, 0.3) is 5.91 Å². The van der Waals surface area contributed by atoms with Crippen LogP contribution in [0.4, 0.5) is 0 Å². The van der Waals surface area contributed by atoms with E-state index >= 15 is 0 Å². The number of rotatable bonds is 6. The number of amides is 1. The molecule has 0 bridgehead atoms. The smallest absolute Gasteiger partial charge is 0.283 e. The number of aromatic nitrogens is 1. The molecule has 0 atom stereocenters. The number of benzene rings is 2. The number of hydrogen-bond donors (Lipinski definition) is 1. The molecule has 1 N–H and O–H groups in total. The highest BCUT2D eigenvalue weighted by Crippen LogP contribution is 2.31. The zero-order valence-corrected chi connectivity index (χ0v) is 21.7. The zero-order valence-electron chi connectivity index (χ0n) is 20.9. The summed E-state index contributed by atoms with van der Waals surface area (Å²) in [6.07, 6.45) is 4.49. The summed E-state index contributed by atoms with van der Waals surface area (Å²) in [6, 6.07) is 16.3. The molecular weight excluding hydrogens is 470 g/mol. The molecule has 1 amide bonds. The number of amidine groups is 2. The Hall–Kier alpha value is -3.65. The van der Waals surface area contributed by atoms with Crippen LogP contribution in [0.15, 0.2) is 70.4 Å². The molecule has 7 nitrogen and oxygen atoms in total. The van der Waals surface area contributed by atoms with Gasteiger partial charge in [-0.25, -0.2) is 0 Å². The normalized spacial score (nSPS) is 17.0. The van der Waals surface area contributed by atoms with Gasteiger partial charge in [0.1, 0.15) is 17.4 Å². The van der Waals surface area contributed by atoms with E-state index in [1.165, 1.54) is 22.3 Å². The first kappa shape index (κ1) is 24.1. The Kier molecular flexibility index (Phi) is 6.30. The van der Waals surface area contributed by atoms with Crippen LogP contribution in [0.2, 0.25) is 0 Å². The molecule has 0 saturated heterocycles. The van der Waals surface area contributed by atoms with Crippen LogP contribution < -0.4 is 4.74 Å². The second-order valence-electron chi connectivity index (χ2n) is 9.79. The van der Waals surface area contributed by atoms with Gasteiger partial charge in [-0.3, -0.25) is 10.2 Å². The van der Waals surface area contributed by atoms with E-state index in [-0.39, 0.29) is 16.8 Å². The fourth-order valence-corrected chi connectivity index (χ4v) is 5.04. The molecule has 3 aromatic rings. The molecule has 0 radical (unpaired) electrons. The summed E-state index contributed by atoms with van der Waals surface area (Å²) < 4.78 is 8.14. The van der Waals surface area contributed by atoms with E-state index in [2.05, 4.69) is 53.6 Å². The second kappa shape index (κ2) is 9.43. The lowest BCUT2D eigenvalue weighted by Crippen LogP contribution is -2.35. The van der Waals surface area contributed by atoms with Crippen LogP contribution in [0.3, 0.4) is 0 Å². The molecule has 3 heterocycles. The Bertz CT molecular complexity index is 1440. The van der Waals surface area contributed by atoms with Crippen LogP contribution >= 0.6 is 11.8 Å². The Balaban J connectivity index is 1.37. The highest BCUT2D eigenvalue weighted by atomic mass is 32.2. The lowest BCUT2D eigenvalue weighted by atomic mass is 9.87. The Morgan fingerprint density at radius 3 is 2.58 bits per heavy atom. The quantitative estimate of drug-likeness (QED) is 0.419. The van der Waals surface area contributed by atoms with Crippen molar-refractivity contribution in [1.82, 2.24) is 9.58 Å². The van der Waals surface area contributed by atoms with Crippen molar-refractivity contribution in [2.24, 2.45) is 10.1 Å². The van der Waals surface area contributed by atoms with Crippen LogP contribution in [0.5, 0.6) is 5.75 Å². The van der Waals surface area contributed by atoms with Crippen LogP contribution in [-0.2, 0) is 16.8 Å². The number of aliphatic imine (C=N–C) groups is 1. The van der Waals surface area contributed by atoms with Crippen molar-refractivity contribution in [1.29, 1.82) is 5.41 Å². The summed E-state index contributed by atoms with van der Waals surface area (Å²) in [5.74, 6) is 0.484. The van der Waals surface area contributed by atoms with Crippen LogP contribution in [-0.4, -0.2) is 38.1 Å². The topological polar surface area (TPSA) is 83.0 Å². The molecule has 184 valence electrons. The maximum Gasteiger partial charge on any atom is 0.283 e. The number of para-hydroxylation sites is 1. The molecule has 2 aliphatic rings. The summed E-state index contributed by atoms with van der Waals surface area (Å²) in [5, 5.41) is 16.8. The van der Waals surface area contributed by atoms with Crippen LogP contribution in [0.1, 0.15) is 45.2 Å². The highest BCUT2D eigenvalue weighted by molar-refractivity contribution is 8.26. The number of carbonyl (C=O) groups excluding carboxylic acids is 1. The predicted molar refractivity (Wildman–Crippen MR) is 148 cm³/mol. The van der Waals surface area contributed by atoms with Gasteiger partial charge in [0, 0.05) is 22.7 Å². The minimum atomic E-state index is -0.412. The van der Waals surface area contributed by atoms with E-state index in [1.54, 1.807) is 6.08 Å². The van der Waals surface area contributed by atoms with Crippen molar-refractivity contribution in [3.8, 4) is 5.75 Å². The number of thioether (sulfide) groups is 1. The third-order valence-corrected chi connectivity index (χ3v) is 7.29. The number of hydrogen-bond acceptors (Lipinski definition) is 5. The maximum absolute atomic E-state index is 12.8. The number of nitrogens with one attached hydrogen (secondary N) is 1. The van der Waals surface area contributed by atoms with Crippen molar-refractivity contribution >= 4 is 50.7 Å². The summed E-state index contributed by atoms with van der Waals surface area (Å²) in [4.78, 5) is 17.0. The molecular formula is C28H29N5O2S. The number of carbonyl (C=O) groups is 1. The van der Waals surface area contributed by atoms with Gasteiger partial charge in [-0.15, -0.1) is 0 Å². The summed E-state index contributed by atoms with van der Waals surface area (Å²) in [5.41, 5.74) is 3.51. The Morgan fingerprint density at radius 1 is 1.11 bits per heavy atom. The van der Waals surface area contributed by atoms with Gasteiger partial charge in [-0.05, 0) is 53.4 Å². The van der Waals surface area contributed by atoms with Gasteiger partial charge in [-0.1, -0.05) is 58.0 Å². The fourth-order valence-electron chi connectivity index (χ4n) is 4.22. The third-order valence-electron chi connectivity index (χ3n) is 6.24. The van der Waals surface area contributed by atoms with Gasteiger partial charge < -0.3 is 9.30 Å². The summed E-state index contributed by atoms with van der Waals surface area (Å²) in [6.45, 7) is 9.73. The number of ether oxygens (including phenoxy) is 1. The monoisotopic (exact) mass is 499 g/mol. The number of nitrogens with zero attached hydrogens (tertiary/aromatic N) is 4. The standard InChI is InChI=1S/C28H29N5O2S/c1-5-24-31-33-25(29)22(26(34)30-27(33)36-24)16-18-17-32(23-9-7-6-8-21(18)23)14-15-35-20-12-10-19(11-13-20)28(2,3)4/h6-13,16-17,29H,5,14-15H2,1-4H3/b22-16+,29-25?. The Morgan fingerprint density at radius 2 is 1.86 bits per heavy atom. The van der Waals surface area contributed by atoms with E-state index in [1.807, 2.05) is 43.5 Å². The number of hydrazone groups is 1. The first-order chi connectivity index (χ1) is 17.2. The van der Waals surface area contributed by atoms with Gasteiger partial charge in [-0.2, -0.15) is 15.1 Å². The van der Waals surface area contributed by atoms with Gasteiger partial charge >= 0.3 is 0 Å². The molecule has 0 aliphatic carbocycles. The van der Waals surface area contributed by atoms with Crippen LogP contribution in [0, 0.1) is 5.41 Å². The molecule has 8 heteroatoms. The van der Waals surface area contributed by atoms with Crippen molar-refractivity contribution in [3.05, 3.63) is 71.4 Å². The molecule has 0 saturated carbocycles. The molecule has 2 aliphatic heterocycles. The zero-order chi connectivity index (χ0) is 25.4. The lowest BCUT2D eigenvalue weighted by Gasteiger charge is -2.20.